The first-order valence-corrected chi connectivity index (χ1v) is 7.86. The number of benzene rings is 2. The highest BCUT2D eigenvalue weighted by molar-refractivity contribution is 6.03. The summed E-state index contributed by atoms with van der Waals surface area (Å²) in [7, 11) is 0. The smallest absolute Gasteiger partial charge is 0.255 e. The lowest BCUT2D eigenvalue weighted by molar-refractivity contribution is -0.114. The summed E-state index contributed by atoms with van der Waals surface area (Å²) in [4.78, 5) is 26.0. The number of rotatable bonds is 3. The van der Waals surface area contributed by atoms with Crippen LogP contribution in [0.15, 0.2) is 54.6 Å². The fourth-order valence-electron chi connectivity index (χ4n) is 3.08. The van der Waals surface area contributed by atoms with Gasteiger partial charge in [-0.05, 0) is 24.1 Å². The van der Waals surface area contributed by atoms with Gasteiger partial charge in [0.15, 0.2) is 0 Å². The van der Waals surface area contributed by atoms with Crippen molar-refractivity contribution in [2.45, 2.75) is 19.3 Å². The van der Waals surface area contributed by atoms with Crippen molar-refractivity contribution in [3.63, 3.8) is 0 Å². The van der Waals surface area contributed by atoms with Crippen LogP contribution in [0.25, 0.3) is 0 Å². The van der Waals surface area contributed by atoms with E-state index in [0.717, 1.165) is 19.5 Å². The first-order chi connectivity index (χ1) is 11.1. The minimum atomic E-state index is -0.172. The molecule has 0 aromatic heterocycles. The van der Waals surface area contributed by atoms with Crippen LogP contribution in [0.3, 0.4) is 0 Å². The number of hydrogen-bond acceptors (Lipinski definition) is 2. The zero-order valence-electron chi connectivity index (χ0n) is 13.2. The Morgan fingerprint density at radius 1 is 1.04 bits per heavy atom. The van der Waals surface area contributed by atoms with Gasteiger partial charge in [-0.2, -0.15) is 0 Å². The number of nitrogens with zero attached hydrogens (tertiary/aromatic N) is 1. The van der Waals surface area contributed by atoms with Gasteiger partial charge in [0.2, 0.25) is 5.91 Å². The summed E-state index contributed by atoms with van der Waals surface area (Å²) in [6.07, 6.45) is 0.970. The molecule has 1 fully saturated rings. The predicted molar refractivity (Wildman–Crippen MR) is 90.4 cm³/mol. The van der Waals surface area contributed by atoms with Crippen molar-refractivity contribution in [3.05, 3.63) is 65.7 Å². The Morgan fingerprint density at radius 3 is 2.48 bits per heavy atom. The van der Waals surface area contributed by atoms with Crippen LogP contribution in [-0.4, -0.2) is 29.8 Å². The highest BCUT2D eigenvalue weighted by atomic mass is 16.2. The number of para-hydroxylation sites is 1. The molecule has 1 saturated heterocycles. The standard InChI is InChI=1S/C19H20N2O2/c1-14(22)20-18-10-6-5-9-17(18)19(23)21-12-11-16(13-21)15-7-3-2-4-8-15/h2-10,16H,11-13H2,1H3,(H,20,22). The summed E-state index contributed by atoms with van der Waals surface area (Å²) in [6, 6.07) is 17.5. The summed E-state index contributed by atoms with van der Waals surface area (Å²) in [5.74, 6) is 0.190. The molecule has 0 radical (unpaired) electrons. The molecule has 1 atom stereocenters. The Morgan fingerprint density at radius 2 is 1.74 bits per heavy atom. The second kappa shape index (κ2) is 6.65. The summed E-state index contributed by atoms with van der Waals surface area (Å²) in [6.45, 7) is 2.91. The summed E-state index contributed by atoms with van der Waals surface area (Å²) in [5.41, 5.74) is 2.41. The molecule has 1 aliphatic heterocycles. The van der Waals surface area contributed by atoms with E-state index in [0.29, 0.717) is 17.2 Å². The minimum absolute atomic E-state index is 0.0206. The van der Waals surface area contributed by atoms with Crippen molar-refractivity contribution in [3.8, 4) is 0 Å². The second-order valence-electron chi connectivity index (χ2n) is 5.87. The van der Waals surface area contributed by atoms with E-state index in [1.165, 1.54) is 12.5 Å². The summed E-state index contributed by atoms with van der Waals surface area (Å²) < 4.78 is 0. The van der Waals surface area contributed by atoms with Crippen LogP contribution in [0.5, 0.6) is 0 Å². The summed E-state index contributed by atoms with van der Waals surface area (Å²) in [5, 5.41) is 2.73. The first kappa shape index (κ1) is 15.3. The van der Waals surface area contributed by atoms with Gasteiger partial charge < -0.3 is 10.2 Å². The predicted octanol–water partition coefficient (Wildman–Crippen LogP) is 3.27. The van der Waals surface area contributed by atoms with Gasteiger partial charge in [0.1, 0.15) is 0 Å². The van der Waals surface area contributed by atoms with Crippen molar-refractivity contribution in [2.24, 2.45) is 0 Å². The van der Waals surface area contributed by atoms with Gasteiger partial charge in [-0.25, -0.2) is 0 Å². The minimum Gasteiger partial charge on any atom is -0.338 e. The van der Waals surface area contributed by atoms with Crippen molar-refractivity contribution in [1.82, 2.24) is 4.90 Å². The van der Waals surface area contributed by atoms with Gasteiger partial charge >= 0.3 is 0 Å². The molecule has 0 spiro atoms. The topological polar surface area (TPSA) is 49.4 Å². The molecule has 2 aromatic rings. The van der Waals surface area contributed by atoms with E-state index in [9.17, 15) is 9.59 Å². The SMILES string of the molecule is CC(=O)Nc1ccccc1C(=O)N1CCC(c2ccccc2)C1. The molecule has 4 heteroatoms. The highest BCUT2D eigenvalue weighted by Crippen LogP contribution is 2.29. The second-order valence-corrected chi connectivity index (χ2v) is 5.87. The number of carbonyl (C=O) groups excluding carboxylic acids is 2. The normalized spacial score (nSPS) is 17.1. The third-order valence-electron chi connectivity index (χ3n) is 4.21. The number of amides is 2. The average molecular weight is 308 g/mol. The molecule has 2 aromatic carbocycles. The largest absolute Gasteiger partial charge is 0.338 e. The Bertz CT molecular complexity index is 712. The Labute approximate surface area is 136 Å². The molecule has 1 aliphatic rings. The lowest BCUT2D eigenvalue weighted by Crippen LogP contribution is -2.29. The fraction of sp³-hybridized carbons (Fsp3) is 0.263. The lowest BCUT2D eigenvalue weighted by Gasteiger charge is -2.19. The van der Waals surface area contributed by atoms with Crippen LogP contribution < -0.4 is 5.32 Å². The zero-order valence-corrected chi connectivity index (χ0v) is 13.2. The van der Waals surface area contributed by atoms with Crippen LogP contribution in [0, 0.1) is 0 Å². The number of anilines is 1. The van der Waals surface area contributed by atoms with E-state index in [2.05, 4.69) is 17.4 Å². The number of likely N-dealkylation sites (tertiary alicyclic amines) is 1. The molecular weight excluding hydrogens is 288 g/mol. The summed E-state index contributed by atoms with van der Waals surface area (Å²) >= 11 is 0. The maximum absolute atomic E-state index is 12.8. The van der Waals surface area contributed by atoms with Crippen molar-refractivity contribution >= 4 is 17.5 Å². The van der Waals surface area contributed by atoms with Crippen molar-refractivity contribution in [2.75, 3.05) is 18.4 Å². The number of carbonyl (C=O) groups is 2. The number of hydrogen-bond donors (Lipinski definition) is 1. The molecule has 118 valence electrons. The van der Waals surface area contributed by atoms with E-state index in [-0.39, 0.29) is 11.8 Å². The van der Waals surface area contributed by atoms with E-state index in [4.69, 9.17) is 0 Å². The Kier molecular flexibility index (Phi) is 4.42. The zero-order chi connectivity index (χ0) is 16.2. The average Bonchev–Trinajstić information content (AvgIpc) is 3.05. The molecule has 0 saturated carbocycles. The fourth-order valence-corrected chi connectivity index (χ4v) is 3.08. The molecule has 1 unspecified atom stereocenters. The Hall–Kier alpha value is -2.62. The third kappa shape index (κ3) is 3.42. The van der Waals surface area contributed by atoms with Crippen LogP contribution >= 0.6 is 0 Å². The van der Waals surface area contributed by atoms with Gasteiger partial charge in [0.25, 0.3) is 5.91 Å². The molecule has 1 N–H and O–H groups in total. The van der Waals surface area contributed by atoms with Gasteiger partial charge in [-0.1, -0.05) is 42.5 Å². The van der Waals surface area contributed by atoms with Gasteiger partial charge in [-0.3, -0.25) is 9.59 Å². The first-order valence-electron chi connectivity index (χ1n) is 7.86. The molecular formula is C19H20N2O2. The van der Waals surface area contributed by atoms with Crippen LogP contribution in [0.4, 0.5) is 5.69 Å². The molecule has 4 nitrogen and oxygen atoms in total. The molecule has 3 rings (SSSR count). The van der Waals surface area contributed by atoms with Crippen LogP contribution in [-0.2, 0) is 4.79 Å². The monoisotopic (exact) mass is 308 g/mol. The van der Waals surface area contributed by atoms with Crippen molar-refractivity contribution < 1.29 is 9.59 Å². The Balaban J connectivity index is 1.76. The van der Waals surface area contributed by atoms with E-state index in [1.807, 2.05) is 35.2 Å². The van der Waals surface area contributed by atoms with Crippen molar-refractivity contribution in [1.29, 1.82) is 0 Å². The molecule has 1 heterocycles. The van der Waals surface area contributed by atoms with Gasteiger partial charge in [0.05, 0.1) is 11.3 Å². The molecule has 23 heavy (non-hydrogen) atoms. The van der Waals surface area contributed by atoms with Crippen LogP contribution in [0.2, 0.25) is 0 Å². The maximum atomic E-state index is 12.8. The molecule has 2 amide bonds. The molecule has 0 aliphatic carbocycles. The quantitative estimate of drug-likeness (QED) is 0.946. The van der Waals surface area contributed by atoms with E-state index >= 15 is 0 Å². The van der Waals surface area contributed by atoms with E-state index in [1.54, 1.807) is 12.1 Å². The number of nitrogens with one attached hydrogen (secondary N) is 1. The van der Waals surface area contributed by atoms with E-state index < -0.39 is 0 Å². The maximum Gasteiger partial charge on any atom is 0.255 e. The molecule has 0 bridgehead atoms. The van der Waals surface area contributed by atoms with Crippen LogP contribution in [0.1, 0.15) is 35.2 Å². The highest BCUT2D eigenvalue weighted by Gasteiger charge is 2.28. The lowest BCUT2D eigenvalue weighted by atomic mass is 9.99. The van der Waals surface area contributed by atoms with Gasteiger partial charge in [-0.15, -0.1) is 0 Å². The third-order valence-corrected chi connectivity index (χ3v) is 4.21. The van der Waals surface area contributed by atoms with Gasteiger partial charge in [0, 0.05) is 25.9 Å².